The number of anilines is 2. The minimum Gasteiger partial charge on any atom is -0.493 e. The molecule has 2 aliphatic heterocycles. The first kappa shape index (κ1) is 20.0. The highest BCUT2D eigenvalue weighted by Crippen LogP contribution is 2.45. The van der Waals surface area contributed by atoms with Crippen LogP contribution in [0.15, 0.2) is 30.6 Å². The van der Waals surface area contributed by atoms with Crippen molar-refractivity contribution in [2.45, 2.75) is 12.8 Å². The average molecular weight is 443 g/mol. The van der Waals surface area contributed by atoms with Gasteiger partial charge in [0.05, 0.1) is 17.6 Å². The molecule has 1 aromatic heterocycles. The molecular formula is C22H23ClN4O4. The van der Waals surface area contributed by atoms with Crippen molar-refractivity contribution in [3.05, 3.63) is 35.6 Å². The van der Waals surface area contributed by atoms with Crippen molar-refractivity contribution in [3.63, 3.8) is 0 Å². The third-order valence-electron chi connectivity index (χ3n) is 5.52. The summed E-state index contributed by atoms with van der Waals surface area (Å²) in [5, 5.41) is 4.56. The molecule has 0 unspecified atom stereocenters. The molecule has 3 heterocycles. The second-order valence-electron chi connectivity index (χ2n) is 7.42. The van der Waals surface area contributed by atoms with Gasteiger partial charge in [-0.05, 0) is 44.1 Å². The second kappa shape index (κ2) is 8.64. The Kier molecular flexibility index (Phi) is 5.57. The molecule has 5 rings (SSSR count). The number of fused-ring (bicyclic) bond motifs is 2. The summed E-state index contributed by atoms with van der Waals surface area (Å²) in [7, 11) is 1.62. The van der Waals surface area contributed by atoms with Gasteiger partial charge in [-0.25, -0.2) is 9.97 Å². The Labute approximate surface area is 185 Å². The van der Waals surface area contributed by atoms with E-state index in [0.717, 1.165) is 30.5 Å². The van der Waals surface area contributed by atoms with E-state index in [9.17, 15) is 0 Å². The summed E-state index contributed by atoms with van der Waals surface area (Å²) in [4.78, 5) is 11.2. The largest absolute Gasteiger partial charge is 0.493 e. The number of nitrogens with zero attached hydrogens (tertiary/aromatic N) is 3. The highest BCUT2D eigenvalue weighted by atomic mass is 35.5. The van der Waals surface area contributed by atoms with Gasteiger partial charge in [0.15, 0.2) is 23.0 Å². The third-order valence-corrected chi connectivity index (χ3v) is 5.83. The predicted molar refractivity (Wildman–Crippen MR) is 118 cm³/mol. The van der Waals surface area contributed by atoms with E-state index in [1.165, 1.54) is 19.2 Å². The fourth-order valence-electron chi connectivity index (χ4n) is 3.91. The molecule has 31 heavy (non-hydrogen) atoms. The number of aromatic nitrogens is 2. The molecule has 9 heteroatoms. The molecule has 1 fully saturated rings. The van der Waals surface area contributed by atoms with Gasteiger partial charge >= 0.3 is 0 Å². The molecule has 3 aromatic rings. The molecule has 162 valence electrons. The number of rotatable bonds is 7. The number of hydrogen-bond acceptors (Lipinski definition) is 8. The van der Waals surface area contributed by atoms with Crippen molar-refractivity contribution in [1.82, 2.24) is 14.9 Å². The van der Waals surface area contributed by atoms with E-state index in [-0.39, 0.29) is 6.79 Å². The van der Waals surface area contributed by atoms with Crippen LogP contribution in [-0.4, -0.2) is 55.0 Å². The standard InChI is InChI=1S/C22H23ClN4O4/c1-28-18-10-14-16(11-19(18)29-9-8-27-6-2-3-7-27)24-12-25-22(14)26-20-15(23)4-5-17-21(20)31-13-30-17/h4-5,10-12H,2-3,6-9,13H2,1H3,(H,24,25,26). The fraction of sp³-hybridized carbons (Fsp3) is 0.364. The van der Waals surface area contributed by atoms with Crippen LogP contribution in [-0.2, 0) is 0 Å². The molecule has 8 nitrogen and oxygen atoms in total. The van der Waals surface area contributed by atoms with E-state index in [4.69, 9.17) is 30.5 Å². The van der Waals surface area contributed by atoms with Crippen LogP contribution in [0.4, 0.5) is 11.5 Å². The van der Waals surface area contributed by atoms with Crippen molar-refractivity contribution < 1.29 is 18.9 Å². The van der Waals surface area contributed by atoms with Gasteiger partial charge in [-0.2, -0.15) is 0 Å². The van der Waals surface area contributed by atoms with Crippen molar-refractivity contribution in [2.75, 3.05) is 45.5 Å². The van der Waals surface area contributed by atoms with Crippen LogP contribution in [0.3, 0.4) is 0 Å². The van der Waals surface area contributed by atoms with Crippen molar-refractivity contribution in [2.24, 2.45) is 0 Å². The van der Waals surface area contributed by atoms with E-state index in [0.29, 0.717) is 46.1 Å². The zero-order valence-corrected chi connectivity index (χ0v) is 17.9. The molecule has 0 aliphatic carbocycles. The first-order chi connectivity index (χ1) is 15.2. The zero-order chi connectivity index (χ0) is 21.2. The summed E-state index contributed by atoms with van der Waals surface area (Å²) in [6.45, 7) is 3.93. The first-order valence-corrected chi connectivity index (χ1v) is 10.6. The van der Waals surface area contributed by atoms with Gasteiger partial charge in [-0.1, -0.05) is 11.6 Å². The Morgan fingerprint density at radius 1 is 1.13 bits per heavy atom. The number of methoxy groups -OCH3 is 1. The lowest BCUT2D eigenvalue weighted by Gasteiger charge is -2.17. The molecule has 2 aliphatic rings. The summed E-state index contributed by atoms with van der Waals surface area (Å²) in [6.07, 6.45) is 4.02. The van der Waals surface area contributed by atoms with E-state index < -0.39 is 0 Å². The molecule has 0 amide bonds. The number of ether oxygens (including phenoxy) is 4. The average Bonchev–Trinajstić information content (AvgIpc) is 3.47. The van der Waals surface area contributed by atoms with Gasteiger partial charge in [0, 0.05) is 18.0 Å². The molecular weight excluding hydrogens is 420 g/mol. The van der Waals surface area contributed by atoms with Gasteiger partial charge in [0.2, 0.25) is 6.79 Å². The predicted octanol–water partition coefficient (Wildman–Crippen LogP) is 4.24. The van der Waals surface area contributed by atoms with Gasteiger partial charge in [0.1, 0.15) is 24.4 Å². The Hall–Kier alpha value is -2.97. The molecule has 1 N–H and O–H groups in total. The maximum absolute atomic E-state index is 6.41. The Morgan fingerprint density at radius 2 is 2.00 bits per heavy atom. The second-order valence-corrected chi connectivity index (χ2v) is 7.83. The minimum atomic E-state index is 0.154. The highest BCUT2D eigenvalue weighted by molar-refractivity contribution is 6.34. The lowest BCUT2D eigenvalue weighted by Crippen LogP contribution is -2.25. The van der Waals surface area contributed by atoms with Gasteiger partial charge in [0.25, 0.3) is 0 Å². The van der Waals surface area contributed by atoms with Crippen LogP contribution in [0.1, 0.15) is 12.8 Å². The number of likely N-dealkylation sites (tertiary alicyclic amines) is 1. The number of nitrogens with one attached hydrogen (secondary N) is 1. The Morgan fingerprint density at radius 3 is 2.84 bits per heavy atom. The third kappa shape index (κ3) is 4.00. The first-order valence-electron chi connectivity index (χ1n) is 10.3. The molecule has 1 saturated heterocycles. The van der Waals surface area contributed by atoms with Crippen LogP contribution in [0.2, 0.25) is 5.02 Å². The van der Waals surface area contributed by atoms with Crippen molar-refractivity contribution in [3.8, 4) is 23.0 Å². The number of benzene rings is 2. The maximum atomic E-state index is 6.41. The Balaban J connectivity index is 1.43. The van der Waals surface area contributed by atoms with E-state index in [1.807, 2.05) is 12.1 Å². The quantitative estimate of drug-likeness (QED) is 0.582. The Bertz CT molecular complexity index is 1100. The lowest BCUT2D eigenvalue weighted by atomic mass is 10.2. The number of halogens is 1. The smallest absolute Gasteiger partial charge is 0.231 e. The highest BCUT2D eigenvalue weighted by Gasteiger charge is 2.22. The SMILES string of the molecule is COc1cc2c(Nc3c(Cl)ccc4c3OCO4)ncnc2cc1OCCN1CCCC1. The van der Waals surface area contributed by atoms with Crippen LogP contribution in [0.25, 0.3) is 10.9 Å². The zero-order valence-electron chi connectivity index (χ0n) is 17.2. The summed E-state index contributed by atoms with van der Waals surface area (Å²) in [6, 6.07) is 7.29. The van der Waals surface area contributed by atoms with Crippen LogP contribution in [0.5, 0.6) is 23.0 Å². The summed E-state index contributed by atoms with van der Waals surface area (Å²) in [5.41, 5.74) is 1.33. The van der Waals surface area contributed by atoms with E-state index in [2.05, 4.69) is 20.2 Å². The minimum absolute atomic E-state index is 0.154. The number of hydrogen-bond donors (Lipinski definition) is 1. The van der Waals surface area contributed by atoms with Crippen LogP contribution >= 0.6 is 11.6 Å². The molecule has 2 aromatic carbocycles. The molecule has 0 saturated carbocycles. The molecule has 0 bridgehead atoms. The van der Waals surface area contributed by atoms with Gasteiger partial charge in [-0.3, -0.25) is 4.90 Å². The van der Waals surface area contributed by atoms with Crippen molar-refractivity contribution in [1.29, 1.82) is 0 Å². The molecule has 0 radical (unpaired) electrons. The van der Waals surface area contributed by atoms with Crippen LogP contribution < -0.4 is 24.3 Å². The van der Waals surface area contributed by atoms with Crippen molar-refractivity contribution >= 4 is 34.0 Å². The molecule has 0 atom stereocenters. The topological polar surface area (TPSA) is 78.0 Å². The maximum Gasteiger partial charge on any atom is 0.231 e. The summed E-state index contributed by atoms with van der Waals surface area (Å²) in [5.74, 6) is 3.06. The molecule has 0 spiro atoms. The van der Waals surface area contributed by atoms with E-state index in [1.54, 1.807) is 19.2 Å². The summed E-state index contributed by atoms with van der Waals surface area (Å²) < 4.78 is 22.7. The fourth-order valence-corrected chi connectivity index (χ4v) is 4.11. The van der Waals surface area contributed by atoms with E-state index >= 15 is 0 Å². The van der Waals surface area contributed by atoms with Gasteiger partial charge in [-0.15, -0.1) is 0 Å². The summed E-state index contributed by atoms with van der Waals surface area (Å²) >= 11 is 6.41. The lowest BCUT2D eigenvalue weighted by molar-refractivity contribution is 0.174. The van der Waals surface area contributed by atoms with Crippen LogP contribution in [0, 0.1) is 0 Å². The monoisotopic (exact) mass is 442 g/mol. The van der Waals surface area contributed by atoms with Gasteiger partial charge < -0.3 is 24.3 Å². The normalized spacial score (nSPS) is 15.4.